The Labute approximate surface area is 187 Å². The molecule has 2 fully saturated rings. The first-order chi connectivity index (χ1) is 15.1. The van der Waals surface area contributed by atoms with Crippen LogP contribution in [-0.4, -0.2) is 44.1 Å². The molecular weight excluding hydrogens is 441 g/mol. The van der Waals surface area contributed by atoms with Crippen molar-refractivity contribution in [2.24, 2.45) is 5.92 Å². The molecule has 0 amide bonds. The largest absolute Gasteiger partial charge is 0.446 e. The molecule has 0 spiro atoms. The maximum absolute atomic E-state index is 12.8. The van der Waals surface area contributed by atoms with Crippen LogP contribution < -0.4 is 5.32 Å². The van der Waals surface area contributed by atoms with Crippen molar-refractivity contribution in [2.75, 3.05) is 5.32 Å². The third-order valence-electron chi connectivity index (χ3n) is 5.64. The number of thioether (sulfide) groups is 1. The standard InChI is InChI=1S/C22H22F3N4O2S/c1-12-9-16(20-19(12)30-21(2,3)31-20)27-17-7-8-26-18-11-15(28-29(17)18)13-5-4-6-14(10-13)32-22(23,24)25/h4-8,10-12,16,19-20,27H,1,9H2,2-3H3/t12-,16-,19-,20+/m1/s1. The Bertz CT molecular complexity index is 1150. The van der Waals surface area contributed by atoms with Gasteiger partial charge in [0.05, 0.1) is 17.8 Å². The minimum Gasteiger partial charge on any atom is -0.364 e. The van der Waals surface area contributed by atoms with Gasteiger partial charge in [0.2, 0.25) is 0 Å². The number of hydrogen-bond acceptors (Lipinski definition) is 6. The summed E-state index contributed by atoms with van der Waals surface area (Å²) < 4.78 is 52.0. The average Bonchev–Trinajstić information content (AvgIpc) is 3.34. The smallest absolute Gasteiger partial charge is 0.364 e. The summed E-state index contributed by atoms with van der Waals surface area (Å²) in [5.74, 6) is 0.157. The van der Waals surface area contributed by atoms with E-state index in [1.54, 1.807) is 28.9 Å². The zero-order chi connectivity index (χ0) is 22.7. The van der Waals surface area contributed by atoms with E-state index in [9.17, 15) is 13.2 Å². The van der Waals surface area contributed by atoms with E-state index in [-0.39, 0.29) is 40.8 Å². The summed E-state index contributed by atoms with van der Waals surface area (Å²) in [5, 5.41) is 8.10. The van der Waals surface area contributed by atoms with Crippen LogP contribution in [0.25, 0.3) is 16.9 Å². The number of nitrogens with zero attached hydrogens (tertiary/aromatic N) is 3. The van der Waals surface area contributed by atoms with E-state index in [4.69, 9.17) is 9.47 Å². The molecule has 2 aliphatic rings. The van der Waals surface area contributed by atoms with Gasteiger partial charge in [-0.1, -0.05) is 12.1 Å². The highest BCUT2D eigenvalue weighted by molar-refractivity contribution is 8.00. The van der Waals surface area contributed by atoms with Gasteiger partial charge in [-0.3, -0.25) is 0 Å². The van der Waals surface area contributed by atoms with E-state index in [0.717, 1.165) is 6.42 Å². The van der Waals surface area contributed by atoms with Gasteiger partial charge >= 0.3 is 5.51 Å². The maximum Gasteiger partial charge on any atom is 0.446 e. The quantitative estimate of drug-likeness (QED) is 0.539. The van der Waals surface area contributed by atoms with Gasteiger partial charge < -0.3 is 14.8 Å². The summed E-state index contributed by atoms with van der Waals surface area (Å²) in [4.78, 5) is 4.47. The van der Waals surface area contributed by atoms with Crippen LogP contribution in [0.1, 0.15) is 20.3 Å². The van der Waals surface area contributed by atoms with Crippen molar-refractivity contribution >= 4 is 23.2 Å². The van der Waals surface area contributed by atoms with E-state index in [2.05, 4.69) is 22.3 Å². The molecule has 32 heavy (non-hydrogen) atoms. The molecule has 169 valence electrons. The molecule has 10 heteroatoms. The number of benzene rings is 1. The van der Waals surface area contributed by atoms with E-state index in [1.807, 2.05) is 19.9 Å². The highest BCUT2D eigenvalue weighted by atomic mass is 32.2. The monoisotopic (exact) mass is 463 g/mol. The minimum atomic E-state index is -4.35. The number of nitrogens with one attached hydrogen (secondary N) is 1. The van der Waals surface area contributed by atoms with E-state index >= 15 is 0 Å². The Morgan fingerprint density at radius 2 is 1.97 bits per heavy atom. The Morgan fingerprint density at radius 3 is 2.75 bits per heavy atom. The molecule has 3 heterocycles. The highest BCUT2D eigenvalue weighted by Gasteiger charge is 2.52. The van der Waals surface area contributed by atoms with Gasteiger partial charge in [0.15, 0.2) is 11.4 Å². The fourth-order valence-corrected chi connectivity index (χ4v) is 5.02. The average molecular weight is 464 g/mol. The predicted octanol–water partition coefficient (Wildman–Crippen LogP) is 5.16. The molecular formula is C22H22F3N4O2S. The van der Waals surface area contributed by atoms with Gasteiger partial charge in [0.25, 0.3) is 0 Å². The van der Waals surface area contributed by atoms with Gasteiger partial charge in [-0.05, 0) is 63.1 Å². The number of alkyl halides is 3. The molecule has 4 atom stereocenters. The van der Waals surface area contributed by atoms with Crippen molar-refractivity contribution in [3.8, 4) is 11.3 Å². The summed E-state index contributed by atoms with van der Waals surface area (Å²) in [6.45, 7) is 8.00. The first-order valence-corrected chi connectivity index (χ1v) is 11.1. The van der Waals surface area contributed by atoms with E-state index < -0.39 is 11.3 Å². The van der Waals surface area contributed by atoms with Gasteiger partial charge in [0.1, 0.15) is 11.9 Å². The Kier molecular flexibility index (Phi) is 5.14. The van der Waals surface area contributed by atoms with Gasteiger partial charge in [-0.2, -0.15) is 22.8 Å². The molecule has 1 aliphatic carbocycles. The molecule has 1 saturated heterocycles. The van der Waals surface area contributed by atoms with Crippen molar-refractivity contribution in [1.82, 2.24) is 14.6 Å². The predicted molar refractivity (Wildman–Crippen MR) is 115 cm³/mol. The maximum atomic E-state index is 12.8. The zero-order valence-corrected chi connectivity index (χ0v) is 18.3. The van der Waals surface area contributed by atoms with Crippen molar-refractivity contribution in [2.45, 2.75) is 54.7 Å². The van der Waals surface area contributed by atoms with Crippen LogP contribution in [0.4, 0.5) is 19.0 Å². The van der Waals surface area contributed by atoms with E-state index in [1.165, 1.54) is 12.1 Å². The van der Waals surface area contributed by atoms with Crippen molar-refractivity contribution in [1.29, 1.82) is 0 Å². The molecule has 6 nitrogen and oxygen atoms in total. The lowest BCUT2D eigenvalue weighted by Crippen LogP contribution is -2.35. The lowest BCUT2D eigenvalue weighted by molar-refractivity contribution is -0.155. The Morgan fingerprint density at radius 1 is 1.19 bits per heavy atom. The first kappa shape index (κ1) is 21.5. The van der Waals surface area contributed by atoms with E-state index in [0.29, 0.717) is 22.7 Å². The number of aromatic nitrogens is 3. The summed E-state index contributed by atoms with van der Waals surface area (Å²) in [5.41, 5.74) is -2.63. The van der Waals surface area contributed by atoms with Crippen LogP contribution >= 0.6 is 11.8 Å². The SMILES string of the molecule is [CH2][C@@H]1C[C@@H](Nc2ccnc3cc(-c4cccc(SC(F)(F)F)c4)nn23)[C@@H]2OC(C)(C)O[C@@H]21. The second-order valence-corrected chi connectivity index (χ2v) is 9.66. The number of halogens is 3. The Hall–Kier alpha value is -2.30. The van der Waals surface area contributed by atoms with Crippen LogP contribution in [-0.2, 0) is 9.47 Å². The second-order valence-electron chi connectivity index (χ2n) is 8.52. The van der Waals surface area contributed by atoms with Crippen molar-refractivity contribution in [3.63, 3.8) is 0 Å². The van der Waals surface area contributed by atoms with Gasteiger partial charge in [-0.15, -0.1) is 0 Å². The second kappa shape index (κ2) is 7.64. The zero-order valence-electron chi connectivity index (χ0n) is 17.5. The number of fused-ring (bicyclic) bond motifs is 2. The first-order valence-electron chi connectivity index (χ1n) is 10.2. The molecule has 1 aromatic carbocycles. The van der Waals surface area contributed by atoms with Crippen LogP contribution in [0.2, 0.25) is 0 Å². The molecule has 0 unspecified atom stereocenters. The molecule has 1 radical (unpaired) electrons. The minimum absolute atomic E-state index is 0.0194. The molecule has 3 aromatic rings. The summed E-state index contributed by atoms with van der Waals surface area (Å²) in [6.07, 6.45) is 2.23. The third kappa shape index (κ3) is 4.18. The number of rotatable bonds is 4. The molecule has 0 bridgehead atoms. The van der Waals surface area contributed by atoms with Crippen LogP contribution in [0, 0.1) is 12.8 Å². The molecule has 5 rings (SSSR count). The summed E-state index contributed by atoms with van der Waals surface area (Å²) in [7, 11) is 0. The Balaban J connectivity index is 1.43. The van der Waals surface area contributed by atoms with Gasteiger partial charge in [-0.25, -0.2) is 4.98 Å². The van der Waals surface area contributed by atoms with Crippen LogP contribution in [0.3, 0.4) is 0 Å². The number of anilines is 1. The molecule has 1 saturated carbocycles. The fourth-order valence-electron chi connectivity index (χ4n) is 4.42. The van der Waals surface area contributed by atoms with Crippen molar-refractivity contribution in [3.05, 3.63) is 49.5 Å². The lowest BCUT2D eigenvalue weighted by Gasteiger charge is -2.24. The number of ether oxygens (including phenoxy) is 2. The molecule has 1 aliphatic heterocycles. The fraction of sp³-hybridized carbons (Fsp3) is 0.409. The normalized spacial score (nSPS) is 27.1. The summed E-state index contributed by atoms with van der Waals surface area (Å²) >= 11 is -0.145. The van der Waals surface area contributed by atoms with Crippen LogP contribution in [0.15, 0.2) is 47.5 Å². The van der Waals surface area contributed by atoms with Gasteiger partial charge in [0, 0.05) is 22.7 Å². The topological polar surface area (TPSA) is 60.7 Å². The highest BCUT2D eigenvalue weighted by Crippen LogP contribution is 2.42. The molecule has 2 aromatic heterocycles. The summed E-state index contributed by atoms with van der Waals surface area (Å²) in [6, 6.07) is 9.78. The third-order valence-corrected chi connectivity index (χ3v) is 6.36. The number of hydrogen-bond donors (Lipinski definition) is 1. The lowest BCUT2D eigenvalue weighted by atomic mass is 10.1. The van der Waals surface area contributed by atoms with Crippen molar-refractivity contribution < 1.29 is 22.6 Å². The molecule has 1 N–H and O–H groups in total. The van der Waals surface area contributed by atoms with Crippen LogP contribution in [0.5, 0.6) is 0 Å².